The van der Waals surface area contributed by atoms with Crippen molar-refractivity contribution in [3.63, 3.8) is 0 Å². The van der Waals surface area contributed by atoms with Gasteiger partial charge in [-0.15, -0.1) is 0 Å². The smallest absolute Gasteiger partial charge is 0.332 e. The van der Waals surface area contributed by atoms with Crippen LogP contribution in [0, 0.1) is 5.82 Å². The van der Waals surface area contributed by atoms with Crippen molar-refractivity contribution in [2.24, 2.45) is 0 Å². The average molecular weight is 291 g/mol. The Hall–Kier alpha value is -1.86. The maximum absolute atomic E-state index is 13.1. The number of nitrogens with one attached hydrogen (secondary N) is 2. The summed E-state index contributed by atoms with van der Waals surface area (Å²) in [6.45, 7) is -0.0324. The molecule has 6 nitrogen and oxygen atoms in total. The molecule has 0 fully saturated rings. The van der Waals surface area contributed by atoms with E-state index >= 15 is 0 Å². The zero-order chi connectivity index (χ0) is 14.4. The molecule has 0 aliphatic heterocycles. The fourth-order valence-corrected chi connectivity index (χ4v) is 1.31. The fourth-order valence-electron chi connectivity index (χ4n) is 1.20. The SMILES string of the molecule is O=C(NCC[C@H](O)C(=O)O)Nc1ccc(Cl)c(F)c1. The molecule has 0 unspecified atom stereocenters. The van der Waals surface area contributed by atoms with E-state index in [2.05, 4.69) is 10.6 Å². The molecule has 104 valence electrons. The molecule has 0 spiro atoms. The van der Waals surface area contributed by atoms with Crippen LogP contribution in [0.5, 0.6) is 0 Å². The first-order chi connectivity index (χ1) is 8.90. The van der Waals surface area contributed by atoms with Crippen LogP contribution in [0.4, 0.5) is 14.9 Å². The van der Waals surface area contributed by atoms with Gasteiger partial charge >= 0.3 is 12.0 Å². The van der Waals surface area contributed by atoms with E-state index in [1.165, 1.54) is 12.1 Å². The molecule has 0 aliphatic rings. The van der Waals surface area contributed by atoms with Gasteiger partial charge in [0, 0.05) is 18.7 Å². The second-order valence-corrected chi connectivity index (χ2v) is 4.06. The number of carboxylic acid groups (broad SMARTS) is 1. The van der Waals surface area contributed by atoms with Gasteiger partial charge in [0.2, 0.25) is 0 Å². The van der Waals surface area contributed by atoms with E-state index in [4.69, 9.17) is 21.8 Å². The van der Waals surface area contributed by atoms with Gasteiger partial charge in [0.25, 0.3) is 0 Å². The van der Waals surface area contributed by atoms with Crippen molar-refractivity contribution in [2.45, 2.75) is 12.5 Å². The highest BCUT2D eigenvalue weighted by molar-refractivity contribution is 6.30. The Balaban J connectivity index is 2.39. The lowest BCUT2D eigenvalue weighted by atomic mass is 10.2. The second kappa shape index (κ2) is 6.91. The van der Waals surface area contributed by atoms with E-state index < -0.39 is 23.9 Å². The molecule has 0 saturated heterocycles. The van der Waals surface area contributed by atoms with Crippen LogP contribution in [0.3, 0.4) is 0 Å². The zero-order valence-electron chi connectivity index (χ0n) is 9.69. The number of anilines is 1. The first-order valence-corrected chi connectivity index (χ1v) is 5.68. The summed E-state index contributed by atoms with van der Waals surface area (Å²) in [5.41, 5.74) is 0.207. The Bertz CT molecular complexity index is 484. The molecule has 0 heterocycles. The number of amides is 2. The summed E-state index contributed by atoms with van der Waals surface area (Å²) in [5.74, 6) is -2.03. The van der Waals surface area contributed by atoms with E-state index in [9.17, 15) is 14.0 Å². The van der Waals surface area contributed by atoms with Gasteiger partial charge in [0.15, 0.2) is 6.10 Å². The van der Waals surface area contributed by atoms with Crippen LogP contribution in [0.25, 0.3) is 0 Å². The van der Waals surface area contributed by atoms with Crippen molar-refractivity contribution < 1.29 is 24.2 Å². The molecule has 4 N–H and O–H groups in total. The number of aliphatic carboxylic acids is 1. The number of carbonyl (C=O) groups excluding carboxylic acids is 1. The zero-order valence-corrected chi connectivity index (χ0v) is 10.4. The van der Waals surface area contributed by atoms with Crippen LogP contribution < -0.4 is 10.6 Å². The van der Waals surface area contributed by atoms with Gasteiger partial charge in [-0.1, -0.05) is 11.6 Å². The summed E-state index contributed by atoms with van der Waals surface area (Å²) in [5, 5.41) is 22.0. The summed E-state index contributed by atoms with van der Waals surface area (Å²) in [6.07, 6.45) is -1.66. The third-order valence-electron chi connectivity index (χ3n) is 2.17. The van der Waals surface area contributed by atoms with E-state index in [1.54, 1.807) is 0 Å². The average Bonchev–Trinajstić information content (AvgIpc) is 2.33. The largest absolute Gasteiger partial charge is 0.479 e. The number of carbonyl (C=O) groups is 2. The van der Waals surface area contributed by atoms with Crippen LogP contribution in [0.2, 0.25) is 5.02 Å². The molecule has 0 saturated carbocycles. The quantitative estimate of drug-likeness (QED) is 0.659. The summed E-state index contributed by atoms with van der Waals surface area (Å²) in [4.78, 5) is 21.7. The number of rotatable bonds is 5. The Morgan fingerprint density at radius 1 is 1.42 bits per heavy atom. The molecule has 1 atom stereocenters. The molecule has 1 rings (SSSR count). The van der Waals surface area contributed by atoms with Gasteiger partial charge < -0.3 is 20.8 Å². The fraction of sp³-hybridized carbons (Fsp3) is 0.273. The predicted molar refractivity (Wildman–Crippen MR) is 66.7 cm³/mol. The standard InChI is InChI=1S/C11H12ClFN2O4/c12-7-2-1-6(5-8(7)13)15-11(19)14-4-3-9(16)10(17)18/h1-2,5,9,16H,3-4H2,(H,17,18)(H2,14,15,19)/t9-/m0/s1. The van der Waals surface area contributed by atoms with Gasteiger partial charge in [0.05, 0.1) is 5.02 Å². The third-order valence-corrected chi connectivity index (χ3v) is 2.47. The van der Waals surface area contributed by atoms with Gasteiger partial charge in [-0.05, 0) is 18.2 Å². The topological polar surface area (TPSA) is 98.7 Å². The van der Waals surface area contributed by atoms with E-state index in [1.807, 2.05) is 0 Å². The minimum Gasteiger partial charge on any atom is -0.479 e. The number of hydrogen-bond donors (Lipinski definition) is 4. The highest BCUT2D eigenvalue weighted by Crippen LogP contribution is 2.18. The molecule has 0 aliphatic carbocycles. The molecule has 0 aromatic heterocycles. The minimum absolute atomic E-state index is 0.0324. The molecule has 0 radical (unpaired) electrons. The predicted octanol–water partition coefficient (Wildman–Crippen LogP) is 1.44. The minimum atomic E-state index is -1.53. The maximum atomic E-state index is 13.1. The molecule has 1 aromatic rings. The Kier molecular flexibility index (Phi) is 5.53. The van der Waals surface area contributed by atoms with Crippen molar-refractivity contribution in [1.29, 1.82) is 0 Å². The molecule has 0 bridgehead atoms. The van der Waals surface area contributed by atoms with E-state index in [0.29, 0.717) is 0 Å². The van der Waals surface area contributed by atoms with Crippen LogP contribution in [0.1, 0.15) is 6.42 Å². The molecular formula is C11H12ClFN2O4. The maximum Gasteiger partial charge on any atom is 0.332 e. The van der Waals surface area contributed by atoms with Crippen LogP contribution >= 0.6 is 11.6 Å². The number of carboxylic acids is 1. The lowest BCUT2D eigenvalue weighted by Crippen LogP contribution is -2.33. The van der Waals surface area contributed by atoms with Crippen molar-refractivity contribution in [2.75, 3.05) is 11.9 Å². The molecule has 19 heavy (non-hydrogen) atoms. The van der Waals surface area contributed by atoms with Crippen molar-refractivity contribution >= 4 is 29.3 Å². The monoisotopic (exact) mass is 290 g/mol. The molecule has 2 amide bonds. The second-order valence-electron chi connectivity index (χ2n) is 3.65. The Morgan fingerprint density at radius 2 is 2.11 bits per heavy atom. The lowest BCUT2D eigenvalue weighted by Gasteiger charge is -2.09. The first kappa shape index (κ1) is 15.2. The lowest BCUT2D eigenvalue weighted by molar-refractivity contribution is -0.146. The van der Waals surface area contributed by atoms with Crippen LogP contribution in [-0.4, -0.2) is 34.9 Å². The highest BCUT2D eigenvalue weighted by atomic mass is 35.5. The van der Waals surface area contributed by atoms with Gasteiger partial charge in [0.1, 0.15) is 5.82 Å². The van der Waals surface area contributed by atoms with E-state index in [0.717, 1.165) is 6.07 Å². The van der Waals surface area contributed by atoms with Crippen molar-refractivity contribution in [1.82, 2.24) is 5.32 Å². The number of hydrogen-bond acceptors (Lipinski definition) is 3. The van der Waals surface area contributed by atoms with Crippen LogP contribution in [0.15, 0.2) is 18.2 Å². The summed E-state index contributed by atoms with van der Waals surface area (Å²) < 4.78 is 13.1. The Morgan fingerprint density at radius 3 is 2.68 bits per heavy atom. The summed E-state index contributed by atoms with van der Waals surface area (Å²) >= 11 is 5.48. The van der Waals surface area contributed by atoms with Crippen molar-refractivity contribution in [3.8, 4) is 0 Å². The Labute approximate surface area is 113 Å². The number of urea groups is 1. The number of halogens is 2. The van der Waals surface area contributed by atoms with Gasteiger partial charge in [-0.3, -0.25) is 0 Å². The molecular weight excluding hydrogens is 279 g/mol. The van der Waals surface area contributed by atoms with Gasteiger partial charge in [-0.25, -0.2) is 14.0 Å². The number of aliphatic hydroxyl groups is 1. The van der Waals surface area contributed by atoms with Crippen LogP contribution in [-0.2, 0) is 4.79 Å². The van der Waals surface area contributed by atoms with Crippen molar-refractivity contribution in [3.05, 3.63) is 29.0 Å². The third kappa shape index (κ3) is 5.11. The van der Waals surface area contributed by atoms with E-state index in [-0.39, 0.29) is 23.7 Å². The summed E-state index contributed by atoms with van der Waals surface area (Å²) in [6, 6.07) is 3.12. The van der Waals surface area contributed by atoms with Gasteiger partial charge in [-0.2, -0.15) is 0 Å². The molecule has 8 heteroatoms. The number of benzene rings is 1. The molecule has 1 aromatic carbocycles. The first-order valence-electron chi connectivity index (χ1n) is 5.31. The number of aliphatic hydroxyl groups excluding tert-OH is 1. The normalized spacial score (nSPS) is 11.7. The highest BCUT2D eigenvalue weighted by Gasteiger charge is 2.12. The summed E-state index contributed by atoms with van der Waals surface area (Å²) in [7, 11) is 0.